The first-order chi connectivity index (χ1) is 17.2. The Morgan fingerprint density at radius 1 is 0.917 bits per heavy atom. The Morgan fingerprint density at radius 3 is 2.22 bits per heavy atom. The van der Waals surface area contributed by atoms with Crippen molar-refractivity contribution in [3.05, 3.63) is 101 Å². The summed E-state index contributed by atoms with van der Waals surface area (Å²) in [6.45, 7) is 4.13. The van der Waals surface area contributed by atoms with Gasteiger partial charge in [-0.3, -0.25) is 9.59 Å². The number of carbonyl (C=O) groups is 2. The van der Waals surface area contributed by atoms with E-state index in [2.05, 4.69) is 28.9 Å². The van der Waals surface area contributed by atoms with E-state index >= 15 is 0 Å². The fourth-order valence-electron chi connectivity index (χ4n) is 3.89. The standard InChI is InChI=1S/C28H31F2N3O3/c1-3-19-5-4-6-20(11-19)16-31-17-27(35)26(14-21-12-23(29)15-24(30)13-21)33-28(36)22-7-9-25(10-8-22)32-18(2)34/h4-13,15,26-27,31,35H,3,14,16-17H2,1-2H3,(H,32,34)(H,33,36)/t26?,27-/m0/s1. The predicted molar refractivity (Wildman–Crippen MR) is 136 cm³/mol. The van der Waals surface area contributed by atoms with E-state index in [1.54, 1.807) is 24.3 Å². The number of hydrogen-bond donors (Lipinski definition) is 4. The first kappa shape index (κ1) is 27.0. The highest BCUT2D eigenvalue weighted by Gasteiger charge is 2.23. The number of benzene rings is 3. The number of aliphatic hydroxyl groups is 1. The van der Waals surface area contributed by atoms with E-state index < -0.39 is 29.7 Å². The quantitative estimate of drug-likeness (QED) is 0.324. The van der Waals surface area contributed by atoms with Crippen LogP contribution in [0.15, 0.2) is 66.7 Å². The summed E-state index contributed by atoms with van der Waals surface area (Å²) in [5.74, 6) is -2.15. The summed E-state index contributed by atoms with van der Waals surface area (Å²) in [7, 11) is 0. The molecule has 2 amide bonds. The van der Waals surface area contributed by atoms with Crippen LogP contribution in [0.5, 0.6) is 0 Å². The minimum absolute atomic E-state index is 0.0264. The molecule has 0 aliphatic carbocycles. The highest BCUT2D eigenvalue weighted by Crippen LogP contribution is 2.14. The lowest BCUT2D eigenvalue weighted by molar-refractivity contribution is -0.114. The number of aliphatic hydroxyl groups excluding tert-OH is 1. The van der Waals surface area contributed by atoms with E-state index in [9.17, 15) is 23.5 Å². The van der Waals surface area contributed by atoms with Crippen LogP contribution < -0.4 is 16.0 Å². The van der Waals surface area contributed by atoms with E-state index in [-0.39, 0.29) is 18.9 Å². The van der Waals surface area contributed by atoms with Crippen molar-refractivity contribution in [2.45, 2.75) is 45.4 Å². The average Bonchev–Trinajstić information content (AvgIpc) is 2.83. The maximum atomic E-state index is 13.8. The monoisotopic (exact) mass is 495 g/mol. The van der Waals surface area contributed by atoms with E-state index in [0.29, 0.717) is 23.4 Å². The van der Waals surface area contributed by atoms with E-state index in [1.165, 1.54) is 24.6 Å². The molecule has 0 fully saturated rings. The van der Waals surface area contributed by atoms with Gasteiger partial charge in [0.25, 0.3) is 5.91 Å². The molecule has 8 heteroatoms. The smallest absolute Gasteiger partial charge is 0.251 e. The van der Waals surface area contributed by atoms with Gasteiger partial charge in [-0.25, -0.2) is 8.78 Å². The number of hydrogen-bond acceptors (Lipinski definition) is 4. The summed E-state index contributed by atoms with van der Waals surface area (Å²) >= 11 is 0. The zero-order valence-electron chi connectivity index (χ0n) is 20.4. The van der Waals surface area contributed by atoms with Crippen molar-refractivity contribution >= 4 is 17.5 Å². The summed E-state index contributed by atoms with van der Waals surface area (Å²) in [5, 5.41) is 19.5. The van der Waals surface area contributed by atoms with Crippen molar-refractivity contribution in [3.63, 3.8) is 0 Å². The molecular weight excluding hydrogens is 464 g/mol. The molecule has 2 atom stereocenters. The molecule has 0 spiro atoms. The molecule has 3 rings (SSSR count). The van der Waals surface area contributed by atoms with Crippen LogP contribution in [0.3, 0.4) is 0 Å². The number of anilines is 1. The SMILES string of the molecule is CCc1cccc(CNC[C@H](O)C(Cc2cc(F)cc(F)c2)NC(=O)c2ccc(NC(C)=O)cc2)c1. The van der Waals surface area contributed by atoms with Gasteiger partial charge in [-0.1, -0.05) is 31.2 Å². The van der Waals surface area contributed by atoms with Crippen molar-refractivity contribution in [1.82, 2.24) is 10.6 Å². The van der Waals surface area contributed by atoms with Crippen molar-refractivity contribution in [3.8, 4) is 0 Å². The van der Waals surface area contributed by atoms with Gasteiger partial charge in [0.15, 0.2) is 0 Å². The van der Waals surface area contributed by atoms with Gasteiger partial charge >= 0.3 is 0 Å². The molecular formula is C28H31F2N3O3. The van der Waals surface area contributed by atoms with Crippen LogP contribution >= 0.6 is 0 Å². The van der Waals surface area contributed by atoms with Crippen LogP contribution in [0, 0.1) is 11.6 Å². The lowest BCUT2D eigenvalue weighted by Crippen LogP contribution is -2.48. The molecule has 190 valence electrons. The number of amides is 2. The van der Waals surface area contributed by atoms with Crippen LogP contribution in [-0.4, -0.2) is 35.6 Å². The molecule has 0 saturated carbocycles. The molecule has 6 nitrogen and oxygen atoms in total. The molecule has 36 heavy (non-hydrogen) atoms. The summed E-state index contributed by atoms with van der Waals surface area (Å²) in [6, 6.07) is 16.7. The fourth-order valence-corrected chi connectivity index (χ4v) is 3.89. The average molecular weight is 496 g/mol. The third-order valence-corrected chi connectivity index (χ3v) is 5.71. The Morgan fingerprint density at radius 2 is 1.58 bits per heavy atom. The Balaban J connectivity index is 1.70. The second kappa shape index (κ2) is 12.9. The number of carbonyl (C=O) groups excluding carboxylic acids is 2. The largest absolute Gasteiger partial charge is 0.390 e. The van der Waals surface area contributed by atoms with Crippen molar-refractivity contribution in [2.24, 2.45) is 0 Å². The van der Waals surface area contributed by atoms with Gasteiger partial charge in [0.05, 0.1) is 12.1 Å². The second-order valence-corrected chi connectivity index (χ2v) is 8.69. The number of aryl methyl sites for hydroxylation is 1. The van der Waals surface area contributed by atoms with Gasteiger partial charge in [-0.15, -0.1) is 0 Å². The van der Waals surface area contributed by atoms with Crippen molar-refractivity contribution in [1.29, 1.82) is 0 Å². The molecule has 0 bridgehead atoms. The molecule has 0 aliphatic heterocycles. The summed E-state index contributed by atoms with van der Waals surface area (Å²) in [4.78, 5) is 24.1. The van der Waals surface area contributed by atoms with Crippen LogP contribution in [0.4, 0.5) is 14.5 Å². The topological polar surface area (TPSA) is 90.5 Å². The summed E-state index contributed by atoms with van der Waals surface area (Å²) in [6.07, 6.45) is -0.0904. The maximum absolute atomic E-state index is 13.8. The molecule has 0 heterocycles. The Bertz CT molecular complexity index is 1160. The lowest BCUT2D eigenvalue weighted by Gasteiger charge is -2.25. The molecule has 1 unspecified atom stereocenters. The minimum atomic E-state index is -1.03. The highest BCUT2D eigenvalue weighted by molar-refractivity contribution is 5.95. The Kier molecular flexibility index (Phi) is 9.67. The molecule has 3 aromatic carbocycles. The molecule has 4 N–H and O–H groups in total. The van der Waals surface area contributed by atoms with Gasteiger partial charge in [-0.2, -0.15) is 0 Å². The zero-order chi connectivity index (χ0) is 26.1. The van der Waals surface area contributed by atoms with Gasteiger partial charge in [0.1, 0.15) is 11.6 Å². The maximum Gasteiger partial charge on any atom is 0.251 e. The zero-order valence-corrected chi connectivity index (χ0v) is 20.4. The normalized spacial score (nSPS) is 12.6. The Labute approximate surface area is 209 Å². The molecule has 0 aliphatic rings. The molecule has 0 saturated heterocycles. The third kappa shape index (κ3) is 8.25. The third-order valence-electron chi connectivity index (χ3n) is 5.71. The van der Waals surface area contributed by atoms with E-state index in [0.717, 1.165) is 18.1 Å². The number of halogens is 2. The first-order valence-corrected chi connectivity index (χ1v) is 11.8. The fraction of sp³-hybridized carbons (Fsp3) is 0.286. The van der Waals surface area contributed by atoms with E-state index in [4.69, 9.17) is 0 Å². The number of rotatable bonds is 11. The number of nitrogens with one attached hydrogen (secondary N) is 3. The molecule has 0 radical (unpaired) electrons. The van der Waals surface area contributed by atoms with Gasteiger partial charge in [-0.05, 0) is 65.9 Å². The molecule has 3 aromatic rings. The van der Waals surface area contributed by atoms with Crippen LogP contribution in [0.1, 0.15) is 40.9 Å². The second-order valence-electron chi connectivity index (χ2n) is 8.69. The Hall–Kier alpha value is -3.62. The van der Waals surface area contributed by atoms with Crippen molar-refractivity contribution < 1.29 is 23.5 Å². The first-order valence-electron chi connectivity index (χ1n) is 11.8. The summed E-state index contributed by atoms with van der Waals surface area (Å²) in [5.41, 5.74) is 3.44. The van der Waals surface area contributed by atoms with Crippen LogP contribution in [0.2, 0.25) is 0 Å². The van der Waals surface area contributed by atoms with Gasteiger partial charge in [0, 0.05) is 37.3 Å². The van der Waals surface area contributed by atoms with Crippen LogP contribution in [0.25, 0.3) is 0 Å². The highest BCUT2D eigenvalue weighted by atomic mass is 19.1. The summed E-state index contributed by atoms with van der Waals surface area (Å²) < 4.78 is 27.5. The van der Waals surface area contributed by atoms with Gasteiger partial charge < -0.3 is 21.1 Å². The van der Waals surface area contributed by atoms with Crippen LogP contribution in [-0.2, 0) is 24.2 Å². The predicted octanol–water partition coefficient (Wildman–Crippen LogP) is 3.98. The van der Waals surface area contributed by atoms with Gasteiger partial charge in [0.2, 0.25) is 5.91 Å². The lowest BCUT2D eigenvalue weighted by atomic mass is 10.00. The molecule has 0 aromatic heterocycles. The van der Waals surface area contributed by atoms with E-state index in [1.807, 2.05) is 18.2 Å². The minimum Gasteiger partial charge on any atom is -0.390 e. The van der Waals surface area contributed by atoms with Crippen molar-refractivity contribution in [2.75, 3.05) is 11.9 Å².